The van der Waals surface area contributed by atoms with E-state index in [1.165, 1.54) is 0 Å². The van der Waals surface area contributed by atoms with Gasteiger partial charge < -0.3 is 20.4 Å². The highest BCUT2D eigenvalue weighted by atomic mass is 16.4. The maximum atomic E-state index is 8.72. The molecule has 0 spiro atoms. The summed E-state index contributed by atoms with van der Waals surface area (Å²) in [5.41, 5.74) is 0. The van der Waals surface area contributed by atoms with Gasteiger partial charge in [0.15, 0.2) is 0 Å². The summed E-state index contributed by atoms with van der Waals surface area (Å²) in [6, 6.07) is 0. The van der Waals surface area contributed by atoms with Crippen molar-refractivity contribution < 1.29 is 20.4 Å². The maximum absolute atomic E-state index is 8.72. The molecular formula is C5H8O4. The average molecular weight is 132 g/mol. The van der Waals surface area contributed by atoms with Crippen molar-refractivity contribution in [2.24, 2.45) is 0 Å². The van der Waals surface area contributed by atoms with Gasteiger partial charge in [0.1, 0.15) is 24.1 Å². The Bertz CT molecular complexity index is 142. The van der Waals surface area contributed by atoms with Crippen LogP contribution in [0.1, 0.15) is 0 Å². The predicted molar refractivity (Wildman–Crippen MR) is 28.7 cm³/mol. The van der Waals surface area contributed by atoms with Crippen molar-refractivity contribution in [2.75, 3.05) is 0 Å². The standard InChI is InChI=1S/C5H8O4/c6-2-1-3(7)5(9)4(2)8/h1-2,4-9H. The molecule has 0 aliphatic heterocycles. The third kappa shape index (κ3) is 0.917. The second kappa shape index (κ2) is 1.98. The lowest BCUT2D eigenvalue weighted by Crippen LogP contribution is -2.30. The van der Waals surface area contributed by atoms with E-state index in [4.69, 9.17) is 20.4 Å². The van der Waals surface area contributed by atoms with Gasteiger partial charge in [0.05, 0.1) is 0 Å². The van der Waals surface area contributed by atoms with Gasteiger partial charge in [-0.3, -0.25) is 0 Å². The van der Waals surface area contributed by atoms with Gasteiger partial charge in [-0.15, -0.1) is 0 Å². The van der Waals surface area contributed by atoms with Crippen LogP contribution < -0.4 is 0 Å². The molecular weight excluding hydrogens is 124 g/mol. The summed E-state index contributed by atoms with van der Waals surface area (Å²) in [4.78, 5) is 0. The van der Waals surface area contributed by atoms with Crippen LogP contribution in [0.2, 0.25) is 0 Å². The molecule has 0 bridgehead atoms. The molecule has 1 aliphatic rings. The first-order chi connectivity index (χ1) is 4.13. The smallest absolute Gasteiger partial charge is 0.139 e. The fraction of sp³-hybridized carbons (Fsp3) is 0.600. The molecule has 4 nitrogen and oxygen atoms in total. The van der Waals surface area contributed by atoms with Gasteiger partial charge in [-0.1, -0.05) is 0 Å². The van der Waals surface area contributed by atoms with Crippen LogP contribution in [0, 0.1) is 0 Å². The number of aliphatic hydroxyl groups excluding tert-OH is 4. The van der Waals surface area contributed by atoms with Gasteiger partial charge in [0, 0.05) is 0 Å². The third-order valence-corrected chi connectivity index (χ3v) is 1.32. The van der Waals surface area contributed by atoms with Crippen molar-refractivity contribution in [3.63, 3.8) is 0 Å². The Kier molecular flexibility index (Phi) is 1.44. The van der Waals surface area contributed by atoms with Crippen molar-refractivity contribution >= 4 is 0 Å². The molecule has 0 saturated heterocycles. The second-order valence-corrected chi connectivity index (χ2v) is 2.02. The van der Waals surface area contributed by atoms with Crippen molar-refractivity contribution in [1.82, 2.24) is 0 Å². The van der Waals surface area contributed by atoms with Crippen molar-refractivity contribution in [1.29, 1.82) is 0 Å². The predicted octanol–water partition coefficient (Wildman–Crippen LogP) is -1.48. The molecule has 1 rings (SSSR count). The van der Waals surface area contributed by atoms with E-state index in [1.54, 1.807) is 0 Å². The molecule has 0 aromatic carbocycles. The first kappa shape index (κ1) is 6.54. The summed E-state index contributed by atoms with van der Waals surface area (Å²) in [6.07, 6.45) is -2.72. The van der Waals surface area contributed by atoms with Crippen LogP contribution in [0.4, 0.5) is 0 Å². The van der Waals surface area contributed by atoms with Gasteiger partial charge in [-0.05, 0) is 6.08 Å². The van der Waals surface area contributed by atoms with Gasteiger partial charge in [0.2, 0.25) is 0 Å². The first-order valence-corrected chi connectivity index (χ1v) is 2.58. The van der Waals surface area contributed by atoms with Crippen molar-refractivity contribution in [3.05, 3.63) is 11.8 Å². The van der Waals surface area contributed by atoms with Crippen LogP contribution >= 0.6 is 0 Å². The Balaban J connectivity index is 2.70. The van der Waals surface area contributed by atoms with Crippen LogP contribution in [0.3, 0.4) is 0 Å². The minimum Gasteiger partial charge on any atom is -0.510 e. The molecule has 0 heterocycles. The normalized spacial score (nSPS) is 43.0. The van der Waals surface area contributed by atoms with E-state index in [2.05, 4.69) is 0 Å². The van der Waals surface area contributed by atoms with E-state index in [1.807, 2.05) is 0 Å². The summed E-state index contributed by atoms with van der Waals surface area (Å²) in [5, 5.41) is 34.8. The summed E-state index contributed by atoms with van der Waals surface area (Å²) in [7, 11) is 0. The quantitative estimate of drug-likeness (QED) is 0.324. The fourth-order valence-corrected chi connectivity index (χ4v) is 0.734. The van der Waals surface area contributed by atoms with Crippen molar-refractivity contribution in [3.8, 4) is 0 Å². The van der Waals surface area contributed by atoms with Crippen molar-refractivity contribution in [2.45, 2.75) is 18.3 Å². The van der Waals surface area contributed by atoms with Gasteiger partial charge in [0.25, 0.3) is 0 Å². The zero-order valence-corrected chi connectivity index (χ0v) is 4.60. The molecule has 4 heteroatoms. The van der Waals surface area contributed by atoms with Crippen LogP contribution in [0.25, 0.3) is 0 Å². The lowest BCUT2D eigenvalue weighted by molar-refractivity contribution is -0.0200. The lowest BCUT2D eigenvalue weighted by atomic mass is 10.2. The molecule has 0 fully saturated rings. The van der Waals surface area contributed by atoms with E-state index in [-0.39, 0.29) is 5.76 Å². The monoisotopic (exact) mass is 132 g/mol. The molecule has 0 radical (unpaired) electrons. The number of aliphatic hydroxyl groups is 4. The van der Waals surface area contributed by atoms with Crippen LogP contribution in [0.15, 0.2) is 11.8 Å². The zero-order chi connectivity index (χ0) is 7.02. The highest BCUT2D eigenvalue weighted by molar-refractivity contribution is 5.14. The molecule has 0 amide bonds. The molecule has 0 saturated carbocycles. The molecule has 1 aliphatic carbocycles. The molecule has 3 atom stereocenters. The SMILES string of the molecule is OC1=CC(O)C(O)C1O. The minimum absolute atomic E-state index is 0.366. The third-order valence-electron chi connectivity index (χ3n) is 1.32. The molecule has 0 aromatic rings. The highest BCUT2D eigenvalue weighted by Gasteiger charge is 2.32. The number of rotatable bonds is 0. The van der Waals surface area contributed by atoms with Crippen LogP contribution in [-0.2, 0) is 0 Å². The molecule has 52 valence electrons. The Labute approximate surface area is 51.7 Å². The van der Waals surface area contributed by atoms with E-state index >= 15 is 0 Å². The van der Waals surface area contributed by atoms with E-state index in [0.717, 1.165) is 6.08 Å². The molecule has 3 unspecified atom stereocenters. The van der Waals surface area contributed by atoms with Gasteiger partial charge in [-0.2, -0.15) is 0 Å². The maximum Gasteiger partial charge on any atom is 0.139 e. The van der Waals surface area contributed by atoms with Gasteiger partial charge >= 0.3 is 0 Å². The molecule has 0 aromatic heterocycles. The summed E-state index contributed by atoms with van der Waals surface area (Å²) in [6.45, 7) is 0. The van der Waals surface area contributed by atoms with Crippen LogP contribution in [0.5, 0.6) is 0 Å². The Hall–Kier alpha value is -0.580. The fourth-order valence-electron chi connectivity index (χ4n) is 0.734. The summed E-state index contributed by atoms with van der Waals surface area (Å²) < 4.78 is 0. The Morgan fingerprint density at radius 2 is 1.78 bits per heavy atom. The number of hydrogen-bond donors (Lipinski definition) is 4. The Morgan fingerprint density at radius 3 is 1.89 bits per heavy atom. The minimum atomic E-state index is -1.32. The van der Waals surface area contributed by atoms with Gasteiger partial charge in [-0.25, -0.2) is 0 Å². The zero-order valence-electron chi connectivity index (χ0n) is 4.60. The van der Waals surface area contributed by atoms with E-state index in [9.17, 15) is 0 Å². The second-order valence-electron chi connectivity index (χ2n) is 2.02. The number of hydrogen-bond acceptors (Lipinski definition) is 4. The topological polar surface area (TPSA) is 80.9 Å². The Morgan fingerprint density at radius 1 is 1.22 bits per heavy atom. The first-order valence-electron chi connectivity index (χ1n) is 2.58. The summed E-state index contributed by atoms with van der Waals surface area (Å²) in [5.74, 6) is -0.366. The molecule has 9 heavy (non-hydrogen) atoms. The molecule has 4 N–H and O–H groups in total. The summed E-state index contributed by atoms with van der Waals surface area (Å²) >= 11 is 0. The lowest BCUT2D eigenvalue weighted by Gasteiger charge is -2.10. The van der Waals surface area contributed by atoms with E-state index < -0.39 is 18.3 Å². The largest absolute Gasteiger partial charge is 0.510 e. The van der Waals surface area contributed by atoms with Crippen LogP contribution in [-0.4, -0.2) is 38.7 Å². The van der Waals surface area contributed by atoms with E-state index in [0.29, 0.717) is 0 Å². The highest BCUT2D eigenvalue weighted by Crippen LogP contribution is 2.16. The average Bonchev–Trinajstić information content (AvgIpc) is 1.98.